The maximum atomic E-state index is 12.7. The van der Waals surface area contributed by atoms with Crippen LogP contribution in [0.4, 0.5) is 13.2 Å². The van der Waals surface area contributed by atoms with E-state index in [1.165, 1.54) is 0 Å². The number of phenolic OH excluding ortho intramolecular Hbond substituents is 1. The molecule has 1 heterocycles. The van der Waals surface area contributed by atoms with Crippen LogP contribution < -0.4 is 5.32 Å². The summed E-state index contributed by atoms with van der Waals surface area (Å²) in [6.07, 6.45) is -5.12. The number of piperazine rings is 1. The Balaban J connectivity index is 0.00000288. The lowest BCUT2D eigenvalue weighted by Gasteiger charge is -2.36. The van der Waals surface area contributed by atoms with Crippen molar-refractivity contribution in [3.8, 4) is 5.75 Å². The van der Waals surface area contributed by atoms with Gasteiger partial charge in [0, 0.05) is 48.7 Å². The number of halogens is 8. The largest absolute Gasteiger partial charge is 0.506 e. The highest BCUT2D eigenvalue weighted by molar-refractivity contribution is 9.11. The fourth-order valence-electron chi connectivity index (χ4n) is 2.70. The van der Waals surface area contributed by atoms with E-state index >= 15 is 0 Å². The van der Waals surface area contributed by atoms with Crippen molar-refractivity contribution in [3.05, 3.63) is 25.0 Å². The van der Waals surface area contributed by atoms with Gasteiger partial charge in [-0.05, 0) is 44.3 Å². The lowest BCUT2D eigenvalue weighted by Crippen LogP contribution is -2.45. The van der Waals surface area contributed by atoms with Gasteiger partial charge in [-0.3, -0.25) is 4.90 Å². The third kappa shape index (κ3) is 7.01. The van der Waals surface area contributed by atoms with Gasteiger partial charge < -0.3 is 10.4 Å². The second-order valence-corrected chi connectivity index (χ2v) is 7.87. The number of phenols is 1. The molecule has 1 fully saturated rings. The Morgan fingerprint density at radius 2 is 1.68 bits per heavy atom. The molecular formula is C14H18Br3Cl2F3N2O. The number of hydrogen-bond donors (Lipinski definition) is 2. The first-order chi connectivity index (χ1) is 10.7. The molecule has 0 spiro atoms. The Hall–Kier alpha value is 0.750. The molecule has 25 heavy (non-hydrogen) atoms. The molecule has 1 saturated heterocycles. The standard InChI is InChI=1S/C14H16Br3F3N2O.2ClH/c15-8-7-9(16)13(23)12(17)11(8)10(1-2-14(18,19)20)22-5-3-21-4-6-22;;/h7,10,21,23H,1-6H2;2*1H/t10-;;/m0../s1. The molecule has 0 radical (unpaired) electrons. The number of rotatable bonds is 4. The van der Waals surface area contributed by atoms with Crippen LogP contribution >= 0.6 is 72.6 Å². The highest BCUT2D eigenvalue weighted by Crippen LogP contribution is 2.45. The van der Waals surface area contributed by atoms with Crippen LogP contribution in [0.2, 0.25) is 0 Å². The summed E-state index contributed by atoms with van der Waals surface area (Å²) in [7, 11) is 0. The van der Waals surface area contributed by atoms with Gasteiger partial charge in [0.2, 0.25) is 0 Å². The first-order valence-corrected chi connectivity index (χ1v) is 9.46. The Bertz CT molecular complexity index is 573. The van der Waals surface area contributed by atoms with E-state index in [9.17, 15) is 18.3 Å². The zero-order valence-corrected chi connectivity index (χ0v) is 19.3. The van der Waals surface area contributed by atoms with Gasteiger partial charge in [0.05, 0.1) is 8.95 Å². The second-order valence-electron chi connectivity index (χ2n) is 5.37. The van der Waals surface area contributed by atoms with Crippen molar-refractivity contribution < 1.29 is 18.3 Å². The lowest BCUT2D eigenvalue weighted by molar-refractivity contribution is -0.138. The lowest BCUT2D eigenvalue weighted by atomic mass is 9.99. The predicted molar refractivity (Wildman–Crippen MR) is 108 cm³/mol. The highest BCUT2D eigenvalue weighted by atomic mass is 79.9. The molecule has 0 amide bonds. The quantitative estimate of drug-likeness (QED) is 0.460. The minimum atomic E-state index is -4.21. The summed E-state index contributed by atoms with van der Waals surface area (Å²) in [4.78, 5) is 2.03. The van der Waals surface area contributed by atoms with Gasteiger partial charge in [0.15, 0.2) is 0 Å². The van der Waals surface area contributed by atoms with Gasteiger partial charge in [0.25, 0.3) is 0 Å². The molecule has 2 N–H and O–H groups in total. The van der Waals surface area contributed by atoms with E-state index in [-0.39, 0.29) is 37.0 Å². The molecule has 1 aromatic carbocycles. The van der Waals surface area contributed by atoms with Crippen LogP contribution in [0.5, 0.6) is 5.75 Å². The fourth-order valence-corrected chi connectivity index (χ4v) is 5.35. The number of nitrogens with one attached hydrogen (secondary N) is 1. The van der Waals surface area contributed by atoms with Crippen LogP contribution in [0.1, 0.15) is 24.4 Å². The summed E-state index contributed by atoms with van der Waals surface area (Å²) in [6.45, 7) is 2.80. The molecular weight excluding hydrogens is 580 g/mol. The van der Waals surface area contributed by atoms with E-state index in [2.05, 4.69) is 53.1 Å². The molecule has 0 bridgehead atoms. The predicted octanol–water partition coefficient (Wildman–Crippen LogP) is 5.81. The molecule has 0 aliphatic carbocycles. The second kappa shape index (κ2) is 10.9. The van der Waals surface area contributed by atoms with Crippen molar-refractivity contribution in [2.75, 3.05) is 26.2 Å². The van der Waals surface area contributed by atoms with E-state index in [4.69, 9.17) is 0 Å². The van der Waals surface area contributed by atoms with Crippen molar-refractivity contribution >= 4 is 72.6 Å². The molecule has 11 heteroatoms. The van der Waals surface area contributed by atoms with Crippen LogP contribution in [0.25, 0.3) is 0 Å². The number of benzene rings is 1. The van der Waals surface area contributed by atoms with E-state index in [1.807, 2.05) is 4.90 Å². The van der Waals surface area contributed by atoms with E-state index in [0.717, 1.165) is 13.1 Å². The van der Waals surface area contributed by atoms with Crippen LogP contribution in [-0.4, -0.2) is 42.4 Å². The number of hydrogen-bond acceptors (Lipinski definition) is 3. The summed E-state index contributed by atoms with van der Waals surface area (Å²) in [5, 5.41) is 13.3. The maximum absolute atomic E-state index is 12.7. The van der Waals surface area contributed by atoms with E-state index < -0.39 is 18.6 Å². The minimum Gasteiger partial charge on any atom is -0.506 e. The van der Waals surface area contributed by atoms with Crippen LogP contribution in [-0.2, 0) is 0 Å². The average Bonchev–Trinajstić information content (AvgIpc) is 2.48. The van der Waals surface area contributed by atoms with E-state index in [0.29, 0.717) is 32.1 Å². The van der Waals surface area contributed by atoms with Crippen molar-refractivity contribution in [2.45, 2.75) is 25.1 Å². The van der Waals surface area contributed by atoms with Crippen molar-refractivity contribution in [1.29, 1.82) is 0 Å². The highest BCUT2D eigenvalue weighted by Gasteiger charge is 2.33. The average molecular weight is 598 g/mol. The van der Waals surface area contributed by atoms with Crippen molar-refractivity contribution in [1.82, 2.24) is 10.2 Å². The van der Waals surface area contributed by atoms with Gasteiger partial charge in [-0.25, -0.2) is 0 Å². The molecule has 0 saturated carbocycles. The number of aromatic hydroxyl groups is 1. The smallest absolute Gasteiger partial charge is 0.389 e. The van der Waals surface area contributed by atoms with Gasteiger partial charge in [-0.2, -0.15) is 13.2 Å². The zero-order valence-electron chi connectivity index (χ0n) is 12.9. The Labute approximate surface area is 182 Å². The van der Waals surface area contributed by atoms with Gasteiger partial charge in [0.1, 0.15) is 5.75 Å². The molecule has 1 aliphatic rings. The first kappa shape index (κ1) is 25.8. The van der Waals surface area contributed by atoms with Gasteiger partial charge in [-0.15, -0.1) is 24.8 Å². The summed E-state index contributed by atoms with van der Waals surface area (Å²) < 4.78 is 39.8. The molecule has 1 aromatic rings. The van der Waals surface area contributed by atoms with Crippen LogP contribution in [0.15, 0.2) is 19.5 Å². The normalized spacial score (nSPS) is 16.7. The topological polar surface area (TPSA) is 35.5 Å². The fraction of sp³-hybridized carbons (Fsp3) is 0.571. The SMILES string of the molecule is Cl.Cl.Oc1c(Br)cc(Br)c([C@H](CCC(F)(F)F)N2CCNCC2)c1Br. The van der Waals surface area contributed by atoms with Crippen molar-refractivity contribution in [2.24, 2.45) is 0 Å². The Morgan fingerprint density at radius 1 is 1.12 bits per heavy atom. The number of nitrogens with zero attached hydrogens (tertiary/aromatic N) is 1. The van der Waals surface area contributed by atoms with Gasteiger partial charge in [-0.1, -0.05) is 15.9 Å². The summed E-state index contributed by atoms with van der Waals surface area (Å²) in [6, 6.07) is 1.24. The third-order valence-electron chi connectivity index (χ3n) is 3.81. The molecule has 0 aromatic heterocycles. The van der Waals surface area contributed by atoms with Crippen molar-refractivity contribution in [3.63, 3.8) is 0 Å². The molecule has 1 aliphatic heterocycles. The van der Waals surface area contributed by atoms with Crippen LogP contribution in [0, 0.1) is 0 Å². The monoisotopic (exact) mass is 594 g/mol. The minimum absolute atomic E-state index is 0. The summed E-state index contributed by atoms with van der Waals surface area (Å²) >= 11 is 9.99. The Morgan fingerprint density at radius 3 is 2.20 bits per heavy atom. The molecule has 3 nitrogen and oxygen atoms in total. The summed E-state index contributed by atoms with van der Waals surface area (Å²) in [5.41, 5.74) is 0.650. The zero-order chi connectivity index (χ0) is 17.2. The maximum Gasteiger partial charge on any atom is 0.389 e. The van der Waals surface area contributed by atoms with Gasteiger partial charge >= 0.3 is 6.18 Å². The third-order valence-corrected chi connectivity index (χ3v) is 5.87. The first-order valence-electron chi connectivity index (χ1n) is 7.08. The molecule has 146 valence electrons. The number of alkyl halides is 3. The summed E-state index contributed by atoms with van der Waals surface area (Å²) in [5.74, 6) is -0.00431. The molecule has 1 atom stereocenters. The molecule has 2 rings (SSSR count). The molecule has 0 unspecified atom stereocenters. The van der Waals surface area contributed by atoms with Crippen LogP contribution in [0.3, 0.4) is 0 Å². The van der Waals surface area contributed by atoms with E-state index in [1.54, 1.807) is 6.07 Å². The Kier molecular flexibility index (Phi) is 11.3.